The maximum absolute atomic E-state index is 13.2. The third kappa shape index (κ3) is 3.38. The largest absolute Gasteiger partial charge is 0.322 e. The number of benzene rings is 3. The zero-order valence-electron chi connectivity index (χ0n) is 16.9. The van der Waals surface area contributed by atoms with Crippen molar-refractivity contribution in [2.24, 2.45) is 0 Å². The van der Waals surface area contributed by atoms with Gasteiger partial charge in [-0.05, 0) is 49.2 Å². The lowest BCUT2D eigenvalue weighted by atomic mass is 9.96. The van der Waals surface area contributed by atoms with Crippen LogP contribution >= 0.6 is 0 Å². The average molecular weight is 387 g/mol. The van der Waals surface area contributed by atoms with Crippen LogP contribution in [0.2, 0.25) is 0 Å². The Morgan fingerprint density at radius 1 is 1.03 bits per heavy atom. The molecule has 5 heteroatoms. The average Bonchev–Trinajstić information content (AvgIpc) is 2.72. The predicted molar refractivity (Wildman–Crippen MR) is 117 cm³/mol. The van der Waals surface area contributed by atoms with Gasteiger partial charge in [0.25, 0.3) is 0 Å². The number of hydrogen-bond donors (Lipinski definition) is 2. The second-order valence-corrected chi connectivity index (χ2v) is 7.93. The molecule has 5 nitrogen and oxygen atoms in total. The Labute approximate surface area is 170 Å². The minimum absolute atomic E-state index is 0.0120. The molecule has 2 amide bonds. The van der Waals surface area contributed by atoms with Crippen LogP contribution < -0.4 is 15.5 Å². The first kappa shape index (κ1) is 19.2. The summed E-state index contributed by atoms with van der Waals surface area (Å²) in [6, 6.07) is 21.8. The molecule has 3 aromatic rings. The number of nitrogens with one attached hydrogen (secondary N) is 2. The third-order valence-electron chi connectivity index (χ3n) is 5.61. The molecule has 29 heavy (non-hydrogen) atoms. The number of carbonyl (C=O) groups is 2. The molecule has 0 spiro atoms. The van der Waals surface area contributed by atoms with Crippen LogP contribution in [0.4, 0.5) is 11.4 Å². The minimum Gasteiger partial charge on any atom is -0.322 e. The molecule has 148 valence electrons. The molecular formula is C24H25N3O2. The molecule has 0 saturated heterocycles. The van der Waals surface area contributed by atoms with E-state index in [9.17, 15) is 9.59 Å². The van der Waals surface area contributed by atoms with Gasteiger partial charge < -0.3 is 10.6 Å². The highest BCUT2D eigenvalue weighted by Gasteiger charge is 2.43. The zero-order chi connectivity index (χ0) is 20.6. The van der Waals surface area contributed by atoms with Gasteiger partial charge in [-0.25, -0.2) is 0 Å². The highest BCUT2D eigenvalue weighted by Crippen LogP contribution is 2.36. The molecule has 0 radical (unpaired) electrons. The van der Waals surface area contributed by atoms with Gasteiger partial charge in [-0.1, -0.05) is 54.6 Å². The monoisotopic (exact) mass is 387 g/mol. The summed E-state index contributed by atoms with van der Waals surface area (Å²) in [4.78, 5) is 27.4. The SMILES string of the molecule is C[C@@H](NCC(=O)N1c2ccccc2NC(=O)C1(C)C)c1cccc2ccccc12. The lowest BCUT2D eigenvalue weighted by Crippen LogP contribution is -2.60. The second kappa shape index (κ2) is 7.33. The quantitative estimate of drug-likeness (QED) is 0.703. The number of fused-ring (bicyclic) bond motifs is 2. The Morgan fingerprint density at radius 3 is 2.55 bits per heavy atom. The van der Waals surface area contributed by atoms with E-state index in [-0.39, 0.29) is 24.4 Å². The van der Waals surface area contributed by atoms with Gasteiger partial charge in [0.15, 0.2) is 0 Å². The summed E-state index contributed by atoms with van der Waals surface area (Å²) in [5, 5.41) is 8.59. The van der Waals surface area contributed by atoms with Crippen molar-refractivity contribution in [3.05, 3.63) is 72.3 Å². The highest BCUT2D eigenvalue weighted by molar-refractivity contribution is 6.14. The molecule has 0 aliphatic carbocycles. The Balaban J connectivity index is 1.57. The van der Waals surface area contributed by atoms with Gasteiger partial charge in [-0.15, -0.1) is 0 Å². The number of para-hydroxylation sites is 2. The summed E-state index contributed by atoms with van der Waals surface area (Å²) >= 11 is 0. The van der Waals surface area contributed by atoms with Crippen LogP contribution in [0.15, 0.2) is 66.7 Å². The standard InChI is InChI=1S/C24H25N3O2/c1-16(18-12-8-10-17-9-4-5-11-19(17)18)25-15-22(28)27-21-14-7-6-13-20(21)26-23(29)24(27,2)3/h4-14,16,25H,15H2,1-3H3,(H,26,29)/t16-/m1/s1. The molecule has 4 rings (SSSR count). The fourth-order valence-corrected chi connectivity index (χ4v) is 3.96. The second-order valence-electron chi connectivity index (χ2n) is 7.93. The van der Waals surface area contributed by atoms with E-state index >= 15 is 0 Å². The van der Waals surface area contributed by atoms with Crippen molar-refractivity contribution < 1.29 is 9.59 Å². The summed E-state index contributed by atoms with van der Waals surface area (Å²) in [7, 11) is 0. The molecule has 0 unspecified atom stereocenters. The van der Waals surface area contributed by atoms with E-state index in [0.29, 0.717) is 5.69 Å². The first-order valence-electron chi connectivity index (χ1n) is 9.84. The molecule has 0 aromatic heterocycles. The third-order valence-corrected chi connectivity index (χ3v) is 5.61. The molecule has 0 fully saturated rings. The topological polar surface area (TPSA) is 61.4 Å². The number of anilines is 2. The minimum atomic E-state index is -0.963. The lowest BCUT2D eigenvalue weighted by Gasteiger charge is -2.42. The van der Waals surface area contributed by atoms with Gasteiger partial charge in [-0.2, -0.15) is 0 Å². The normalized spacial score (nSPS) is 16.2. The highest BCUT2D eigenvalue weighted by atomic mass is 16.2. The molecule has 0 saturated carbocycles. The van der Waals surface area contributed by atoms with E-state index in [4.69, 9.17) is 0 Å². The number of rotatable bonds is 4. The lowest BCUT2D eigenvalue weighted by molar-refractivity contribution is -0.126. The molecule has 2 N–H and O–H groups in total. The summed E-state index contributed by atoms with van der Waals surface area (Å²) in [5.41, 5.74) is 1.57. The Morgan fingerprint density at radius 2 is 1.72 bits per heavy atom. The summed E-state index contributed by atoms with van der Waals surface area (Å²) in [6.45, 7) is 5.72. The number of amides is 2. The Hall–Kier alpha value is -3.18. The van der Waals surface area contributed by atoms with Gasteiger partial charge >= 0.3 is 0 Å². The predicted octanol–water partition coefficient (Wildman–Crippen LogP) is 4.25. The summed E-state index contributed by atoms with van der Waals surface area (Å²) < 4.78 is 0. The molecule has 1 aliphatic heterocycles. The van der Waals surface area contributed by atoms with Crippen LogP contribution in [0.1, 0.15) is 32.4 Å². The van der Waals surface area contributed by atoms with Gasteiger partial charge in [0.2, 0.25) is 11.8 Å². The van der Waals surface area contributed by atoms with Gasteiger partial charge in [-0.3, -0.25) is 14.5 Å². The van der Waals surface area contributed by atoms with Crippen LogP contribution in [-0.2, 0) is 9.59 Å². The van der Waals surface area contributed by atoms with E-state index in [1.54, 1.807) is 18.7 Å². The van der Waals surface area contributed by atoms with E-state index in [0.717, 1.165) is 11.3 Å². The van der Waals surface area contributed by atoms with Crippen LogP contribution in [0, 0.1) is 0 Å². The molecule has 1 atom stereocenters. The molecule has 1 aliphatic rings. The molecular weight excluding hydrogens is 362 g/mol. The van der Waals surface area contributed by atoms with Crippen molar-refractivity contribution >= 4 is 34.0 Å². The van der Waals surface area contributed by atoms with Crippen molar-refractivity contribution in [1.29, 1.82) is 0 Å². The van der Waals surface area contributed by atoms with E-state index in [1.165, 1.54) is 10.8 Å². The van der Waals surface area contributed by atoms with Crippen LogP contribution in [0.3, 0.4) is 0 Å². The van der Waals surface area contributed by atoms with Gasteiger partial charge in [0.1, 0.15) is 5.54 Å². The maximum Gasteiger partial charge on any atom is 0.250 e. The maximum atomic E-state index is 13.2. The molecule has 3 aromatic carbocycles. The Bertz CT molecular complexity index is 1080. The van der Waals surface area contributed by atoms with E-state index in [2.05, 4.69) is 41.8 Å². The van der Waals surface area contributed by atoms with Crippen molar-refractivity contribution in [2.75, 3.05) is 16.8 Å². The van der Waals surface area contributed by atoms with Crippen LogP contribution in [-0.4, -0.2) is 23.9 Å². The van der Waals surface area contributed by atoms with Crippen LogP contribution in [0.25, 0.3) is 10.8 Å². The zero-order valence-corrected chi connectivity index (χ0v) is 16.9. The van der Waals surface area contributed by atoms with E-state index < -0.39 is 5.54 Å². The fraction of sp³-hybridized carbons (Fsp3) is 0.250. The first-order valence-corrected chi connectivity index (χ1v) is 9.84. The summed E-state index contributed by atoms with van der Waals surface area (Å²) in [5.74, 6) is -0.323. The van der Waals surface area contributed by atoms with Gasteiger partial charge in [0.05, 0.1) is 17.9 Å². The smallest absolute Gasteiger partial charge is 0.250 e. The number of hydrogen-bond acceptors (Lipinski definition) is 3. The molecule has 0 bridgehead atoms. The van der Waals surface area contributed by atoms with E-state index in [1.807, 2.05) is 42.5 Å². The number of carbonyl (C=O) groups excluding carboxylic acids is 2. The van der Waals surface area contributed by atoms with Crippen molar-refractivity contribution in [3.63, 3.8) is 0 Å². The van der Waals surface area contributed by atoms with Crippen molar-refractivity contribution in [2.45, 2.75) is 32.4 Å². The molecule has 1 heterocycles. The Kier molecular flexibility index (Phi) is 4.84. The van der Waals surface area contributed by atoms with Crippen molar-refractivity contribution in [3.8, 4) is 0 Å². The van der Waals surface area contributed by atoms with Crippen molar-refractivity contribution in [1.82, 2.24) is 5.32 Å². The number of nitrogens with zero attached hydrogens (tertiary/aromatic N) is 1. The fourth-order valence-electron chi connectivity index (χ4n) is 3.96. The summed E-state index contributed by atoms with van der Waals surface area (Å²) in [6.07, 6.45) is 0. The van der Waals surface area contributed by atoms with Gasteiger partial charge in [0, 0.05) is 6.04 Å². The van der Waals surface area contributed by atoms with Crippen LogP contribution in [0.5, 0.6) is 0 Å². The first-order chi connectivity index (χ1) is 13.9.